The van der Waals surface area contributed by atoms with Gasteiger partial charge in [0.15, 0.2) is 0 Å². The number of fused-ring (bicyclic) bond motifs is 1. The van der Waals surface area contributed by atoms with Crippen LogP contribution in [0.25, 0.3) is 16.0 Å². The fourth-order valence-electron chi connectivity index (χ4n) is 4.64. The Morgan fingerprint density at radius 3 is 2.74 bits per heavy atom. The van der Waals surface area contributed by atoms with Crippen molar-refractivity contribution in [3.8, 4) is 10.4 Å². The fraction of sp³-hybridized carbons (Fsp3) is 0.481. The number of nitrogens with zero attached hydrogens (tertiary/aromatic N) is 3. The zero-order valence-electron chi connectivity index (χ0n) is 20.3. The lowest BCUT2D eigenvalue weighted by Gasteiger charge is -2.30. The summed E-state index contributed by atoms with van der Waals surface area (Å²) in [5.41, 5.74) is 5.66. The van der Waals surface area contributed by atoms with Crippen LogP contribution in [0.3, 0.4) is 0 Å². The highest BCUT2D eigenvalue weighted by Crippen LogP contribution is 2.38. The summed E-state index contributed by atoms with van der Waals surface area (Å²) in [5.74, 6) is 0. The van der Waals surface area contributed by atoms with Crippen LogP contribution in [0.1, 0.15) is 43.3 Å². The molecule has 0 atom stereocenters. The molecule has 5 rings (SSSR count). The molecule has 2 aromatic rings. The molecule has 0 saturated carbocycles. The number of thiophene rings is 1. The van der Waals surface area contributed by atoms with Gasteiger partial charge in [0.1, 0.15) is 5.60 Å². The largest absolute Gasteiger partial charge is 0.444 e. The van der Waals surface area contributed by atoms with Crippen molar-refractivity contribution in [2.75, 3.05) is 39.4 Å². The van der Waals surface area contributed by atoms with E-state index in [-0.39, 0.29) is 6.09 Å². The summed E-state index contributed by atoms with van der Waals surface area (Å²) >= 11 is 1.86. The van der Waals surface area contributed by atoms with Gasteiger partial charge in [0.25, 0.3) is 0 Å². The Kier molecular flexibility index (Phi) is 6.60. The number of carbonyl (C=O) groups excluding carboxylic acids is 1. The van der Waals surface area contributed by atoms with E-state index in [1.54, 1.807) is 4.90 Å². The first-order chi connectivity index (χ1) is 16.4. The number of allylic oxidation sites excluding steroid dienone is 2. The molecule has 180 valence electrons. The van der Waals surface area contributed by atoms with E-state index < -0.39 is 5.60 Å². The van der Waals surface area contributed by atoms with Crippen molar-refractivity contribution in [1.82, 2.24) is 14.8 Å². The van der Waals surface area contributed by atoms with E-state index in [1.165, 1.54) is 32.0 Å². The van der Waals surface area contributed by atoms with Gasteiger partial charge < -0.3 is 14.4 Å². The van der Waals surface area contributed by atoms with E-state index in [1.807, 2.05) is 38.3 Å². The highest BCUT2D eigenvalue weighted by Gasteiger charge is 2.26. The molecule has 0 bridgehead atoms. The third-order valence-electron chi connectivity index (χ3n) is 6.40. The van der Waals surface area contributed by atoms with Crippen molar-refractivity contribution in [3.63, 3.8) is 0 Å². The Labute approximate surface area is 205 Å². The second-order valence-electron chi connectivity index (χ2n) is 10.1. The van der Waals surface area contributed by atoms with Gasteiger partial charge in [-0.3, -0.25) is 9.88 Å². The number of pyridine rings is 1. The van der Waals surface area contributed by atoms with Gasteiger partial charge in [-0.1, -0.05) is 12.2 Å². The molecule has 0 unspecified atom stereocenters. The third kappa shape index (κ3) is 5.27. The van der Waals surface area contributed by atoms with E-state index in [9.17, 15) is 4.79 Å². The van der Waals surface area contributed by atoms with Crippen LogP contribution in [0.15, 0.2) is 42.1 Å². The van der Waals surface area contributed by atoms with Gasteiger partial charge in [-0.15, -0.1) is 11.3 Å². The molecule has 1 fully saturated rings. The normalized spacial score (nSPS) is 19.0. The summed E-state index contributed by atoms with van der Waals surface area (Å²) < 4.78 is 11.0. The standard InChI is InChI=1S/C27H33N3O3S/c1-27(2,3)33-26(31)30-10-8-19(9-11-30)22-5-6-24-23(22)16-20(17-28-24)25-7-4-21(34-25)18-29-12-14-32-15-13-29/h4-5,7-8,16-17H,6,9-15,18H2,1-3H3. The Bertz CT molecular complexity index is 1120. The van der Waals surface area contributed by atoms with Gasteiger partial charge in [0.05, 0.1) is 18.9 Å². The molecule has 4 heterocycles. The predicted octanol–water partition coefficient (Wildman–Crippen LogP) is 5.15. The monoisotopic (exact) mass is 479 g/mol. The highest BCUT2D eigenvalue weighted by molar-refractivity contribution is 7.15. The number of carbonyl (C=O) groups is 1. The molecule has 1 amide bonds. The van der Waals surface area contributed by atoms with Crippen LogP contribution in [-0.4, -0.2) is 65.9 Å². The summed E-state index contributed by atoms with van der Waals surface area (Å²) in [4.78, 5) is 24.1. The van der Waals surface area contributed by atoms with Crippen LogP contribution in [0, 0.1) is 0 Å². The van der Waals surface area contributed by atoms with E-state index in [4.69, 9.17) is 14.5 Å². The number of hydrogen-bond acceptors (Lipinski definition) is 6. The smallest absolute Gasteiger partial charge is 0.410 e. The molecule has 0 spiro atoms. The first kappa shape index (κ1) is 23.3. The average Bonchev–Trinajstić information content (AvgIpc) is 3.45. The lowest BCUT2D eigenvalue weighted by molar-refractivity contribution is 0.0267. The topological polar surface area (TPSA) is 54.9 Å². The molecule has 6 nitrogen and oxygen atoms in total. The SMILES string of the molecule is CC(C)(C)OC(=O)N1CC=C(C2=CCc3ncc(-c4ccc(CN5CCOCC5)s4)cc32)CC1. The first-order valence-corrected chi connectivity index (χ1v) is 12.9. The Hall–Kier alpha value is -2.48. The van der Waals surface area contributed by atoms with Crippen LogP contribution in [-0.2, 0) is 22.4 Å². The van der Waals surface area contributed by atoms with Crippen molar-refractivity contribution in [2.24, 2.45) is 0 Å². The molecule has 34 heavy (non-hydrogen) atoms. The minimum Gasteiger partial charge on any atom is -0.444 e. The number of morpholine rings is 1. The minimum atomic E-state index is -0.472. The summed E-state index contributed by atoms with van der Waals surface area (Å²) in [6.45, 7) is 11.6. The highest BCUT2D eigenvalue weighted by atomic mass is 32.1. The summed E-state index contributed by atoms with van der Waals surface area (Å²) in [6.07, 6.45) is 7.93. The number of ether oxygens (including phenoxy) is 2. The Morgan fingerprint density at radius 1 is 1.18 bits per heavy atom. The maximum Gasteiger partial charge on any atom is 0.410 e. The van der Waals surface area contributed by atoms with E-state index in [0.717, 1.165) is 51.4 Å². The van der Waals surface area contributed by atoms with Gasteiger partial charge in [-0.05, 0) is 56.5 Å². The van der Waals surface area contributed by atoms with E-state index in [0.29, 0.717) is 13.1 Å². The van der Waals surface area contributed by atoms with Crippen LogP contribution in [0.5, 0.6) is 0 Å². The molecule has 0 N–H and O–H groups in total. The summed E-state index contributed by atoms with van der Waals surface area (Å²) in [7, 11) is 0. The van der Waals surface area contributed by atoms with Crippen molar-refractivity contribution in [2.45, 2.75) is 45.8 Å². The number of amides is 1. The molecule has 0 radical (unpaired) electrons. The molecular formula is C27H33N3O3S. The summed E-state index contributed by atoms with van der Waals surface area (Å²) in [5, 5.41) is 0. The molecule has 1 aliphatic carbocycles. The first-order valence-electron chi connectivity index (χ1n) is 12.1. The Balaban J connectivity index is 1.28. The second kappa shape index (κ2) is 9.64. The quantitative estimate of drug-likeness (QED) is 0.607. The molecule has 0 aromatic carbocycles. The number of aromatic nitrogens is 1. The third-order valence-corrected chi connectivity index (χ3v) is 7.52. The molecule has 1 saturated heterocycles. The van der Waals surface area contributed by atoms with Crippen LogP contribution >= 0.6 is 11.3 Å². The maximum absolute atomic E-state index is 12.4. The molecule has 7 heteroatoms. The number of rotatable bonds is 4. The molecule has 2 aliphatic heterocycles. The maximum atomic E-state index is 12.4. The van der Waals surface area contributed by atoms with Gasteiger partial charge in [0, 0.05) is 66.2 Å². The zero-order chi connectivity index (χ0) is 23.7. The van der Waals surface area contributed by atoms with Gasteiger partial charge in [0.2, 0.25) is 0 Å². The van der Waals surface area contributed by atoms with Crippen molar-refractivity contribution in [3.05, 3.63) is 58.3 Å². The number of hydrogen-bond donors (Lipinski definition) is 0. The van der Waals surface area contributed by atoms with Crippen molar-refractivity contribution >= 4 is 23.0 Å². The lowest BCUT2D eigenvalue weighted by Crippen LogP contribution is -2.39. The average molecular weight is 480 g/mol. The van der Waals surface area contributed by atoms with Crippen LogP contribution in [0.4, 0.5) is 4.79 Å². The lowest BCUT2D eigenvalue weighted by atomic mass is 9.95. The molecule has 2 aromatic heterocycles. The van der Waals surface area contributed by atoms with Gasteiger partial charge in [-0.2, -0.15) is 0 Å². The Morgan fingerprint density at radius 2 is 2.00 bits per heavy atom. The minimum absolute atomic E-state index is 0.238. The van der Waals surface area contributed by atoms with Gasteiger partial charge >= 0.3 is 6.09 Å². The molecular weight excluding hydrogens is 446 g/mol. The van der Waals surface area contributed by atoms with Crippen molar-refractivity contribution < 1.29 is 14.3 Å². The van der Waals surface area contributed by atoms with E-state index in [2.05, 4.69) is 35.3 Å². The predicted molar refractivity (Wildman–Crippen MR) is 136 cm³/mol. The van der Waals surface area contributed by atoms with Crippen LogP contribution < -0.4 is 0 Å². The van der Waals surface area contributed by atoms with Gasteiger partial charge in [-0.25, -0.2) is 4.79 Å². The second-order valence-corrected chi connectivity index (χ2v) is 11.3. The fourth-order valence-corrected chi connectivity index (χ4v) is 5.67. The summed E-state index contributed by atoms with van der Waals surface area (Å²) in [6, 6.07) is 6.77. The van der Waals surface area contributed by atoms with Crippen molar-refractivity contribution in [1.29, 1.82) is 0 Å². The van der Waals surface area contributed by atoms with Crippen LogP contribution in [0.2, 0.25) is 0 Å². The zero-order valence-corrected chi connectivity index (χ0v) is 21.1. The molecule has 3 aliphatic rings. The van der Waals surface area contributed by atoms with E-state index >= 15 is 0 Å².